The Balaban J connectivity index is 1.86. The minimum Gasteiger partial charge on any atom is -0.338 e. The van der Waals surface area contributed by atoms with Gasteiger partial charge < -0.3 is 9.80 Å². The van der Waals surface area contributed by atoms with E-state index in [9.17, 15) is 19.2 Å². The molecule has 20 heavy (non-hydrogen) atoms. The molecule has 2 rings (SSSR count). The molecule has 2 fully saturated rings. The third-order valence-corrected chi connectivity index (χ3v) is 3.57. The van der Waals surface area contributed by atoms with E-state index >= 15 is 0 Å². The lowest BCUT2D eigenvalue weighted by molar-refractivity contribution is -0.146. The van der Waals surface area contributed by atoms with Gasteiger partial charge in [-0.3, -0.25) is 24.1 Å². The molecule has 2 aliphatic heterocycles. The molecule has 0 aliphatic carbocycles. The maximum absolute atomic E-state index is 12.0. The lowest BCUT2D eigenvalue weighted by Crippen LogP contribution is -2.52. The van der Waals surface area contributed by atoms with Gasteiger partial charge in [-0.1, -0.05) is 6.58 Å². The van der Waals surface area contributed by atoms with Crippen molar-refractivity contribution in [3.05, 3.63) is 12.7 Å². The molecule has 0 bridgehead atoms. The van der Waals surface area contributed by atoms with E-state index in [1.165, 1.54) is 6.08 Å². The van der Waals surface area contributed by atoms with Crippen molar-refractivity contribution in [2.75, 3.05) is 32.7 Å². The highest BCUT2D eigenvalue weighted by atomic mass is 16.2. The van der Waals surface area contributed by atoms with Gasteiger partial charge in [0.1, 0.15) is 6.54 Å². The summed E-state index contributed by atoms with van der Waals surface area (Å²) in [5, 5.41) is 0. The summed E-state index contributed by atoms with van der Waals surface area (Å²) in [4.78, 5) is 50.6. The molecule has 2 saturated heterocycles. The molecule has 2 aliphatic rings. The average molecular weight is 279 g/mol. The summed E-state index contributed by atoms with van der Waals surface area (Å²) in [6.07, 6.45) is 1.63. The van der Waals surface area contributed by atoms with Crippen LogP contribution in [0.4, 0.5) is 0 Å². The summed E-state index contributed by atoms with van der Waals surface area (Å²) >= 11 is 0. The van der Waals surface area contributed by atoms with Crippen LogP contribution >= 0.6 is 0 Å². The third kappa shape index (κ3) is 2.87. The van der Waals surface area contributed by atoms with Gasteiger partial charge in [-0.05, 0) is 6.08 Å². The highest BCUT2D eigenvalue weighted by molar-refractivity contribution is 6.04. The van der Waals surface area contributed by atoms with Crippen molar-refractivity contribution in [1.29, 1.82) is 0 Å². The molecule has 0 radical (unpaired) electrons. The van der Waals surface area contributed by atoms with Crippen molar-refractivity contribution in [3.63, 3.8) is 0 Å². The van der Waals surface area contributed by atoms with Crippen LogP contribution in [0.2, 0.25) is 0 Å². The SMILES string of the molecule is C=CC(=O)N1CCN(C(=O)CN2C(=O)CCC2=O)CC1. The molecule has 0 atom stereocenters. The maximum atomic E-state index is 12.0. The maximum Gasteiger partial charge on any atom is 0.246 e. The monoisotopic (exact) mass is 279 g/mol. The van der Waals surface area contributed by atoms with E-state index in [1.807, 2.05) is 0 Å². The molecule has 0 saturated carbocycles. The van der Waals surface area contributed by atoms with Gasteiger partial charge in [0.15, 0.2) is 0 Å². The number of carbonyl (C=O) groups is 4. The Morgan fingerprint density at radius 1 is 1.00 bits per heavy atom. The summed E-state index contributed by atoms with van der Waals surface area (Å²) in [6.45, 7) is 4.94. The summed E-state index contributed by atoms with van der Waals surface area (Å²) in [7, 11) is 0. The minimum absolute atomic E-state index is 0.151. The van der Waals surface area contributed by atoms with Crippen LogP contribution in [-0.4, -0.2) is 71.1 Å². The van der Waals surface area contributed by atoms with Crippen molar-refractivity contribution >= 4 is 23.6 Å². The van der Waals surface area contributed by atoms with Gasteiger partial charge in [-0.15, -0.1) is 0 Å². The lowest BCUT2D eigenvalue weighted by atomic mass is 10.3. The third-order valence-electron chi connectivity index (χ3n) is 3.57. The van der Waals surface area contributed by atoms with Crippen LogP contribution in [0, 0.1) is 0 Å². The number of amides is 4. The molecular weight excluding hydrogens is 262 g/mol. The van der Waals surface area contributed by atoms with Gasteiger partial charge in [0.05, 0.1) is 0 Å². The zero-order valence-electron chi connectivity index (χ0n) is 11.2. The molecule has 4 amide bonds. The molecule has 0 unspecified atom stereocenters. The number of likely N-dealkylation sites (tertiary alicyclic amines) is 1. The predicted molar refractivity (Wildman–Crippen MR) is 69.3 cm³/mol. The van der Waals surface area contributed by atoms with E-state index in [1.54, 1.807) is 9.80 Å². The summed E-state index contributed by atoms with van der Waals surface area (Å²) in [5.41, 5.74) is 0. The number of piperazine rings is 1. The quantitative estimate of drug-likeness (QED) is 0.490. The van der Waals surface area contributed by atoms with Gasteiger partial charge in [0.2, 0.25) is 23.6 Å². The van der Waals surface area contributed by atoms with E-state index in [4.69, 9.17) is 0 Å². The first kappa shape index (κ1) is 14.2. The van der Waals surface area contributed by atoms with Crippen LogP contribution in [-0.2, 0) is 19.2 Å². The molecule has 7 heteroatoms. The highest BCUT2D eigenvalue weighted by Gasteiger charge is 2.32. The Bertz CT molecular complexity index is 450. The van der Waals surface area contributed by atoms with Crippen LogP contribution in [0.25, 0.3) is 0 Å². The van der Waals surface area contributed by atoms with Crippen LogP contribution in [0.5, 0.6) is 0 Å². The molecule has 0 N–H and O–H groups in total. The van der Waals surface area contributed by atoms with Gasteiger partial charge in [0, 0.05) is 39.0 Å². The number of imide groups is 1. The van der Waals surface area contributed by atoms with Crippen LogP contribution in [0.3, 0.4) is 0 Å². The second-order valence-electron chi connectivity index (χ2n) is 4.78. The molecule has 7 nitrogen and oxygen atoms in total. The number of nitrogens with zero attached hydrogens (tertiary/aromatic N) is 3. The zero-order chi connectivity index (χ0) is 14.7. The average Bonchev–Trinajstić information content (AvgIpc) is 2.78. The fourth-order valence-corrected chi connectivity index (χ4v) is 2.34. The van der Waals surface area contributed by atoms with Crippen molar-refractivity contribution in [1.82, 2.24) is 14.7 Å². The Morgan fingerprint density at radius 2 is 1.50 bits per heavy atom. The second-order valence-corrected chi connectivity index (χ2v) is 4.78. The van der Waals surface area contributed by atoms with Crippen molar-refractivity contribution in [2.24, 2.45) is 0 Å². The molecule has 108 valence electrons. The topological polar surface area (TPSA) is 78.0 Å². The van der Waals surface area contributed by atoms with E-state index < -0.39 is 0 Å². The van der Waals surface area contributed by atoms with Gasteiger partial charge in [-0.2, -0.15) is 0 Å². The molecule has 0 aromatic carbocycles. The number of rotatable bonds is 3. The van der Waals surface area contributed by atoms with Gasteiger partial charge in [0.25, 0.3) is 0 Å². The predicted octanol–water partition coefficient (Wildman–Crippen LogP) is -1.01. The normalized spacial score (nSPS) is 19.5. The first-order valence-corrected chi connectivity index (χ1v) is 6.55. The Kier molecular flexibility index (Phi) is 4.16. The van der Waals surface area contributed by atoms with Crippen LogP contribution < -0.4 is 0 Å². The second kappa shape index (κ2) is 5.85. The van der Waals surface area contributed by atoms with E-state index in [0.29, 0.717) is 26.2 Å². The molecule has 0 spiro atoms. The van der Waals surface area contributed by atoms with E-state index in [0.717, 1.165) is 4.90 Å². The number of hydrogen-bond acceptors (Lipinski definition) is 4. The molecular formula is C13H17N3O4. The molecule has 0 aromatic rings. The van der Waals surface area contributed by atoms with Crippen molar-refractivity contribution < 1.29 is 19.2 Å². The Morgan fingerprint density at radius 3 is 2.00 bits per heavy atom. The standard InChI is InChI=1S/C13H17N3O4/c1-2-10(17)14-5-7-15(8-6-14)13(20)9-16-11(18)3-4-12(16)19/h2H,1,3-9H2. The smallest absolute Gasteiger partial charge is 0.246 e. The summed E-state index contributed by atoms with van der Waals surface area (Å²) < 4.78 is 0. The fourth-order valence-electron chi connectivity index (χ4n) is 2.34. The lowest BCUT2D eigenvalue weighted by Gasteiger charge is -2.34. The highest BCUT2D eigenvalue weighted by Crippen LogP contribution is 2.12. The zero-order valence-corrected chi connectivity index (χ0v) is 11.2. The van der Waals surface area contributed by atoms with Gasteiger partial charge >= 0.3 is 0 Å². The first-order chi connectivity index (χ1) is 9.52. The number of hydrogen-bond donors (Lipinski definition) is 0. The Labute approximate surface area is 116 Å². The summed E-state index contributed by atoms with van der Waals surface area (Å²) in [5.74, 6) is -0.978. The van der Waals surface area contributed by atoms with Gasteiger partial charge in [-0.25, -0.2) is 0 Å². The van der Waals surface area contributed by atoms with E-state index in [2.05, 4.69) is 6.58 Å². The largest absolute Gasteiger partial charge is 0.338 e. The van der Waals surface area contributed by atoms with Crippen molar-refractivity contribution in [3.8, 4) is 0 Å². The Hall–Kier alpha value is -2.18. The van der Waals surface area contributed by atoms with Crippen LogP contribution in [0.1, 0.15) is 12.8 Å². The van der Waals surface area contributed by atoms with Crippen LogP contribution in [0.15, 0.2) is 12.7 Å². The van der Waals surface area contributed by atoms with E-state index in [-0.39, 0.29) is 43.0 Å². The van der Waals surface area contributed by atoms with Crippen molar-refractivity contribution in [2.45, 2.75) is 12.8 Å². The molecule has 2 heterocycles. The number of carbonyl (C=O) groups excluding carboxylic acids is 4. The summed E-state index contributed by atoms with van der Waals surface area (Å²) in [6, 6.07) is 0. The minimum atomic E-state index is -0.288. The first-order valence-electron chi connectivity index (χ1n) is 6.55. The molecule has 0 aromatic heterocycles. The fraction of sp³-hybridized carbons (Fsp3) is 0.538.